The normalized spacial score (nSPS) is 11.8. The maximum atomic E-state index is 13.6. The predicted octanol–water partition coefficient (Wildman–Crippen LogP) is 3.60. The Morgan fingerprint density at radius 2 is 1.79 bits per heavy atom. The molecule has 0 spiro atoms. The van der Waals surface area contributed by atoms with Gasteiger partial charge in [-0.05, 0) is 51.0 Å². The van der Waals surface area contributed by atoms with Crippen molar-refractivity contribution in [2.24, 2.45) is 0 Å². The fourth-order valence-corrected chi connectivity index (χ4v) is 3.88. The molecular formula is C25H30N4O4. The number of esters is 1. The van der Waals surface area contributed by atoms with Crippen LogP contribution in [0.3, 0.4) is 0 Å². The summed E-state index contributed by atoms with van der Waals surface area (Å²) in [6, 6.07) is 13.9. The number of urea groups is 1. The molecule has 0 bridgehead atoms. The van der Waals surface area contributed by atoms with Crippen LogP contribution in [0.5, 0.6) is 0 Å². The summed E-state index contributed by atoms with van der Waals surface area (Å²) in [5, 5.41) is 3.11. The van der Waals surface area contributed by atoms with Gasteiger partial charge in [-0.25, -0.2) is 9.78 Å². The van der Waals surface area contributed by atoms with Crippen molar-refractivity contribution in [2.45, 2.75) is 40.2 Å². The molecule has 0 aliphatic rings. The molecule has 0 fully saturated rings. The zero-order valence-electron chi connectivity index (χ0n) is 19.5. The molecule has 1 heterocycles. The number of rotatable bonds is 8. The van der Waals surface area contributed by atoms with Crippen molar-refractivity contribution in [1.82, 2.24) is 19.8 Å². The molecule has 3 rings (SSSR count). The first-order chi connectivity index (χ1) is 15.9. The first-order valence-electron chi connectivity index (χ1n) is 11.2. The molecule has 2 amide bonds. The number of carbonyl (C=O) groups excluding carboxylic acids is 2. The van der Waals surface area contributed by atoms with Gasteiger partial charge in [0.2, 0.25) is 0 Å². The number of para-hydroxylation sites is 2. The average Bonchev–Trinajstić information content (AvgIpc) is 2.83. The maximum Gasteiger partial charge on any atom is 0.325 e. The molecule has 33 heavy (non-hydrogen) atoms. The van der Waals surface area contributed by atoms with Gasteiger partial charge in [-0.3, -0.25) is 14.2 Å². The number of nitrogens with zero attached hydrogens (tertiary/aromatic N) is 3. The van der Waals surface area contributed by atoms with E-state index in [-0.39, 0.29) is 18.7 Å². The van der Waals surface area contributed by atoms with Gasteiger partial charge in [-0.1, -0.05) is 37.3 Å². The summed E-state index contributed by atoms with van der Waals surface area (Å²) >= 11 is 0. The third-order valence-corrected chi connectivity index (χ3v) is 5.55. The second-order valence-corrected chi connectivity index (χ2v) is 7.54. The second kappa shape index (κ2) is 10.8. The first kappa shape index (κ1) is 24.0. The predicted molar refractivity (Wildman–Crippen MR) is 128 cm³/mol. The summed E-state index contributed by atoms with van der Waals surface area (Å²) in [7, 11) is 0. The number of aromatic nitrogens is 2. The van der Waals surface area contributed by atoms with Crippen LogP contribution >= 0.6 is 0 Å². The van der Waals surface area contributed by atoms with Crippen LogP contribution in [0.1, 0.15) is 45.1 Å². The van der Waals surface area contributed by atoms with Crippen LogP contribution in [0.25, 0.3) is 16.6 Å². The number of hydrogen-bond acceptors (Lipinski definition) is 5. The monoisotopic (exact) mass is 450 g/mol. The zero-order chi connectivity index (χ0) is 24.0. The van der Waals surface area contributed by atoms with Gasteiger partial charge in [0.25, 0.3) is 5.56 Å². The number of hydrogen-bond donors (Lipinski definition) is 1. The molecule has 0 saturated carbocycles. The molecule has 1 N–H and O–H groups in total. The quantitative estimate of drug-likeness (QED) is 0.529. The summed E-state index contributed by atoms with van der Waals surface area (Å²) in [5.74, 6) is -0.0556. The van der Waals surface area contributed by atoms with Crippen molar-refractivity contribution < 1.29 is 14.3 Å². The lowest BCUT2D eigenvalue weighted by Gasteiger charge is -2.30. The number of benzene rings is 2. The van der Waals surface area contributed by atoms with Crippen LogP contribution in [-0.2, 0) is 16.0 Å². The van der Waals surface area contributed by atoms with E-state index in [0.717, 1.165) is 17.7 Å². The molecular weight excluding hydrogens is 420 g/mol. The third kappa shape index (κ3) is 5.05. The average molecular weight is 451 g/mol. The molecule has 0 saturated heterocycles. The number of aryl methyl sites for hydroxylation is 1. The van der Waals surface area contributed by atoms with E-state index in [2.05, 4.69) is 5.32 Å². The smallest absolute Gasteiger partial charge is 0.325 e. The third-order valence-electron chi connectivity index (χ3n) is 5.55. The Labute approximate surface area is 193 Å². The molecule has 1 unspecified atom stereocenters. The number of amides is 2. The van der Waals surface area contributed by atoms with Crippen molar-refractivity contribution in [1.29, 1.82) is 0 Å². The summed E-state index contributed by atoms with van der Waals surface area (Å²) < 4.78 is 6.49. The van der Waals surface area contributed by atoms with E-state index in [1.807, 2.05) is 57.2 Å². The van der Waals surface area contributed by atoms with E-state index in [1.165, 1.54) is 0 Å². The Kier molecular flexibility index (Phi) is 7.82. The van der Waals surface area contributed by atoms with Crippen LogP contribution < -0.4 is 10.9 Å². The molecule has 0 aliphatic carbocycles. The highest BCUT2D eigenvalue weighted by Crippen LogP contribution is 2.24. The Balaban J connectivity index is 2.11. The summed E-state index contributed by atoms with van der Waals surface area (Å²) in [6.07, 6.45) is 0.737. The zero-order valence-corrected chi connectivity index (χ0v) is 19.5. The Morgan fingerprint density at radius 3 is 2.48 bits per heavy atom. The van der Waals surface area contributed by atoms with E-state index in [9.17, 15) is 14.4 Å². The lowest BCUT2D eigenvalue weighted by Crippen LogP contribution is -2.44. The van der Waals surface area contributed by atoms with Crippen LogP contribution in [0.15, 0.2) is 53.3 Å². The van der Waals surface area contributed by atoms with Crippen molar-refractivity contribution in [3.63, 3.8) is 0 Å². The molecule has 174 valence electrons. The van der Waals surface area contributed by atoms with Gasteiger partial charge < -0.3 is 15.0 Å². The van der Waals surface area contributed by atoms with Gasteiger partial charge in [0.1, 0.15) is 12.4 Å². The van der Waals surface area contributed by atoms with Gasteiger partial charge >= 0.3 is 12.0 Å². The fraction of sp³-hybridized carbons (Fsp3) is 0.360. The van der Waals surface area contributed by atoms with E-state index < -0.39 is 18.0 Å². The van der Waals surface area contributed by atoms with Crippen LogP contribution in [-0.4, -0.2) is 46.1 Å². The van der Waals surface area contributed by atoms with E-state index in [1.54, 1.807) is 28.5 Å². The van der Waals surface area contributed by atoms with Crippen molar-refractivity contribution in [3.8, 4) is 5.69 Å². The van der Waals surface area contributed by atoms with Gasteiger partial charge in [0.05, 0.1) is 29.2 Å². The van der Waals surface area contributed by atoms with Crippen LogP contribution in [0.4, 0.5) is 4.79 Å². The second-order valence-electron chi connectivity index (χ2n) is 7.54. The molecule has 0 radical (unpaired) electrons. The molecule has 2 aromatic carbocycles. The first-order valence-corrected chi connectivity index (χ1v) is 11.2. The lowest BCUT2D eigenvalue weighted by atomic mass is 10.1. The Bertz CT molecular complexity index is 1200. The highest BCUT2D eigenvalue weighted by atomic mass is 16.5. The van der Waals surface area contributed by atoms with E-state index in [4.69, 9.17) is 9.72 Å². The number of ether oxygens (including phenoxy) is 1. The van der Waals surface area contributed by atoms with E-state index >= 15 is 0 Å². The standard InChI is InChI=1S/C25H30N4O4/c1-5-18-12-8-11-15-21(18)29-23(27-20-14-10-9-13-19(20)24(29)31)17(4)28(6-2)25(32)26-16-22(30)33-7-3/h8-15,17H,5-7,16H2,1-4H3,(H,26,32). The maximum absolute atomic E-state index is 13.6. The van der Waals surface area contributed by atoms with Crippen molar-refractivity contribution >= 4 is 22.9 Å². The molecule has 8 heteroatoms. The van der Waals surface area contributed by atoms with E-state index in [0.29, 0.717) is 23.3 Å². The largest absolute Gasteiger partial charge is 0.465 e. The van der Waals surface area contributed by atoms with Gasteiger partial charge in [0.15, 0.2) is 0 Å². The van der Waals surface area contributed by atoms with Crippen molar-refractivity contribution in [3.05, 3.63) is 70.3 Å². The molecule has 8 nitrogen and oxygen atoms in total. The van der Waals surface area contributed by atoms with Gasteiger partial charge in [0, 0.05) is 6.54 Å². The molecule has 3 aromatic rings. The fourth-order valence-electron chi connectivity index (χ4n) is 3.88. The highest BCUT2D eigenvalue weighted by molar-refractivity contribution is 5.81. The number of nitrogens with one attached hydrogen (secondary N) is 1. The van der Waals surface area contributed by atoms with Gasteiger partial charge in [-0.2, -0.15) is 0 Å². The molecule has 1 atom stereocenters. The number of carbonyl (C=O) groups is 2. The van der Waals surface area contributed by atoms with Crippen LogP contribution in [0.2, 0.25) is 0 Å². The van der Waals surface area contributed by atoms with Crippen molar-refractivity contribution in [2.75, 3.05) is 19.7 Å². The lowest BCUT2D eigenvalue weighted by molar-refractivity contribution is -0.141. The van der Waals surface area contributed by atoms with Crippen LogP contribution in [0, 0.1) is 0 Å². The number of fused-ring (bicyclic) bond motifs is 1. The molecule has 1 aromatic heterocycles. The minimum absolute atomic E-state index is 0.189. The summed E-state index contributed by atoms with van der Waals surface area (Å²) in [4.78, 5) is 44.6. The Morgan fingerprint density at radius 1 is 1.09 bits per heavy atom. The summed E-state index contributed by atoms with van der Waals surface area (Å²) in [6.45, 7) is 7.77. The SMILES string of the molecule is CCOC(=O)CNC(=O)N(CC)C(C)c1nc2ccccc2c(=O)n1-c1ccccc1CC. The topological polar surface area (TPSA) is 93.5 Å². The Hall–Kier alpha value is -3.68. The highest BCUT2D eigenvalue weighted by Gasteiger charge is 2.26. The minimum atomic E-state index is -0.542. The summed E-state index contributed by atoms with van der Waals surface area (Å²) in [5.41, 5.74) is 2.12. The molecule has 0 aliphatic heterocycles. The van der Waals surface area contributed by atoms with Gasteiger partial charge in [-0.15, -0.1) is 0 Å². The minimum Gasteiger partial charge on any atom is -0.465 e.